The minimum Gasteiger partial charge on any atom is -0.398 e. The van der Waals surface area contributed by atoms with Crippen LogP contribution in [0.2, 0.25) is 0 Å². The monoisotopic (exact) mass is 233 g/mol. The van der Waals surface area contributed by atoms with E-state index in [0.29, 0.717) is 24.3 Å². The molecule has 1 saturated heterocycles. The molecule has 90 valence electrons. The van der Waals surface area contributed by atoms with Crippen molar-refractivity contribution in [2.75, 3.05) is 25.4 Å². The first-order valence-electron chi connectivity index (χ1n) is 5.59. The van der Waals surface area contributed by atoms with Crippen molar-refractivity contribution < 1.29 is 9.59 Å². The number of anilines is 1. The Morgan fingerprint density at radius 3 is 2.88 bits per heavy atom. The summed E-state index contributed by atoms with van der Waals surface area (Å²) in [6.45, 7) is 1.30. The number of rotatable bonds is 1. The highest BCUT2D eigenvalue weighted by molar-refractivity contribution is 6.00. The average Bonchev–Trinajstić information content (AvgIpc) is 2.54. The quantitative estimate of drug-likeness (QED) is 0.682. The second kappa shape index (κ2) is 4.86. The summed E-state index contributed by atoms with van der Waals surface area (Å²) < 4.78 is 0. The lowest BCUT2D eigenvalue weighted by molar-refractivity contribution is -0.121. The van der Waals surface area contributed by atoms with Gasteiger partial charge in [-0.25, -0.2) is 0 Å². The SMILES string of the molecule is Nc1ccccc1C(=O)N1CCCNC(=O)C1. The van der Waals surface area contributed by atoms with Crippen LogP contribution in [0, 0.1) is 0 Å². The van der Waals surface area contributed by atoms with E-state index in [1.807, 2.05) is 0 Å². The smallest absolute Gasteiger partial charge is 0.256 e. The summed E-state index contributed by atoms with van der Waals surface area (Å²) in [4.78, 5) is 25.1. The van der Waals surface area contributed by atoms with Crippen molar-refractivity contribution in [2.24, 2.45) is 0 Å². The van der Waals surface area contributed by atoms with Crippen LogP contribution in [0.25, 0.3) is 0 Å². The lowest BCUT2D eigenvalue weighted by atomic mass is 10.1. The first-order valence-corrected chi connectivity index (χ1v) is 5.59. The van der Waals surface area contributed by atoms with Crippen molar-refractivity contribution in [3.05, 3.63) is 29.8 Å². The number of nitrogen functional groups attached to an aromatic ring is 1. The van der Waals surface area contributed by atoms with Gasteiger partial charge in [0.2, 0.25) is 5.91 Å². The molecule has 5 nitrogen and oxygen atoms in total. The maximum absolute atomic E-state index is 12.2. The third-order valence-corrected chi connectivity index (χ3v) is 2.74. The molecule has 0 aliphatic carbocycles. The van der Waals surface area contributed by atoms with E-state index in [0.717, 1.165) is 6.42 Å². The van der Waals surface area contributed by atoms with E-state index in [9.17, 15) is 9.59 Å². The van der Waals surface area contributed by atoms with Crippen LogP contribution in [0.15, 0.2) is 24.3 Å². The molecule has 0 unspecified atom stereocenters. The lowest BCUT2D eigenvalue weighted by Gasteiger charge is -2.19. The van der Waals surface area contributed by atoms with Gasteiger partial charge < -0.3 is 16.0 Å². The highest BCUT2D eigenvalue weighted by atomic mass is 16.2. The number of hydrogen-bond acceptors (Lipinski definition) is 3. The number of amides is 2. The van der Waals surface area contributed by atoms with Crippen LogP contribution in [0.5, 0.6) is 0 Å². The number of nitrogens with two attached hydrogens (primary N) is 1. The summed E-state index contributed by atoms with van der Waals surface area (Å²) >= 11 is 0. The highest BCUT2D eigenvalue weighted by Crippen LogP contribution is 2.14. The van der Waals surface area contributed by atoms with Crippen LogP contribution in [0.4, 0.5) is 5.69 Å². The van der Waals surface area contributed by atoms with E-state index < -0.39 is 0 Å². The Hall–Kier alpha value is -2.04. The van der Waals surface area contributed by atoms with Gasteiger partial charge in [-0.3, -0.25) is 9.59 Å². The molecule has 0 aromatic heterocycles. The molecule has 1 aromatic rings. The standard InChI is InChI=1S/C12H15N3O2/c13-10-5-2-1-4-9(10)12(17)15-7-3-6-14-11(16)8-15/h1-2,4-5H,3,6-8,13H2,(H,14,16). The van der Waals surface area contributed by atoms with E-state index in [2.05, 4.69) is 5.32 Å². The number of benzene rings is 1. The van der Waals surface area contributed by atoms with Gasteiger partial charge in [0, 0.05) is 18.8 Å². The second-order valence-corrected chi connectivity index (χ2v) is 4.02. The Labute approximate surface area is 99.6 Å². The number of nitrogens with one attached hydrogen (secondary N) is 1. The second-order valence-electron chi connectivity index (χ2n) is 4.02. The van der Waals surface area contributed by atoms with Crippen molar-refractivity contribution in [3.63, 3.8) is 0 Å². The highest BCUT2D eigenvalue weighted by Gasteiger charge is 2.21. The Morgan fingerprint density at radius 1 is 1.35 bits per heavy atom. The number of carbonyl (C=O) groups is 2. The number of hydrogen-bond donors (Lipinski definition) is 2. The summed E-state index contributed by atoms with van der Waals surface area (Å²) in [7, 11) is 0. The van der Waals surface area contributed by atoms with Gasteiger partial charge in [-0.1, -0.05) is 12.1 Å². The topological polar surface area (TPSA) is 75.4 Å². The Kier molecular flexibility index (Phi) is 3.27. The molecule has 0 atom stereocenters. The van der Waals surface area contributed by atoms with Gasteiger partial charge in [0.15, 0.2) is 0 Å². The van der Waals surface area contributed by atoms with Gasteiger partial charge in [0.05, 0.1) is 12.1 Å². The van der Waals surface area contributed by atoms with Crippen molar-refractivity contribution in [2.45, 2.75) is 6.42 Å². The molecular formula is C12H15N3O2. The summed E-state index contributed by atoms with van der Waals surface area (Å²) in [5, 5.41) is 2.73. The number of nitrogens with zero attached hydrogens (tertiary/aromatic N) is 1. The third kappa shape index (κ3) is 2.55. The van der Waals surface area contributed by atoms with Crippen molar-refractivity contribution >= 4 is 17.5 Å². The van der Waals surface area contributed by atoms with Crippen molar-refractivity contribution in [3.8, 4) is 0 Å². The van der Waals surface area contributed by atoms with Crippen LogP contribution in [-0.4, -0.2) is 36.3 Å². The molecule has 2 rings (SSSR count). The zero-order chi connectivity index (χ0) is 12.3. The molecular weight excluding hydrogens is 218 g/mol. The Bertz CT molecular complexity index is 445. The molecule has 1 fully saturated rings. The molecule has 0 bridgehead atoms. The summed E-state index contributed by atoms with van der Waals surface area (Å²) in [6.07, 6.45) is 0.768. The summed E-state index contributed by atoms with van der Waals surface area (Å²) in [6, 6.07) is 6.91. The Morgan fingerprint density at radius 2 is 2.12 bits per heavy atom. The van der Waals surface area contributed by atoms with Gasteiger partial charge in [0.1, 0.15) is 0 Å². The van der Waals surface area contributed by atoms with Gasteiger partial charge in [-0.05, 0) is 18.6 Å². The summed E-state index contributed by atoms with van der Waals surface area (Å²) in [5.74, 6) is -0.300. The van der Waals surface area contributed by atoms with Crippen LogP contribution >= 0.6 is 0 Å². The fraction of sp³-hybridized carbons (Fsp3) is 0.333. The van der Waals surface area contributed by atoms with E-state index in [-0.39, 0.29) is 18.4 Å². The predicted molar refractivity (Wildman–Crippen MR) is 64.4 cm³/mol. The molecule has 5 heteroatoms. The van der Waals surface area contributed by atoms with Gasteiger partial charge in [-0.15, -0.1) is 0 Å². The Balaban J connectivity index is 2.19. The van der Waals surface area contributed by atoms with Gasteiger partial charge in [0.25, 0.3) is 5.91 Å². The minimum absolute atomic E-state index is 0.104. The maximum Gasteiger partial charge on any atom is 0.256 e. The van der Waals surface area contributed by atoms with E-state index in [1.165, 1.54) is 4.90 Å². The molecule has 1 aliphatic rings. The van der Waals surface area contributed by atoms with E-state index >= 15 is 0 Å². The van der Waals surface area contributed by atoms with Gasteiger partial charge >= 0.3 is 0 Å². The fourth-order valence-corrected chi connectivity index (χ4v) is 1.84. The van der Waals surface area contributed by atoms with Crippen LogP contribution in [-0.2, 0) is 4.79 Å². The molecule has 1 aliphatic heterocycles. The normalized spacial score (nSPS) is 16.2. The molecule has 2 amide bonds. The van der Waals surface area contributed by atoms with E-state index in [4.69, 9.17) is 5.73 Å². The molecule has 1 aromatic carbocycles. The molecule has 0 radical (unpaired) electrons. The first-order chi connectivity index (χ1) is 8.18. The van der Waals surface area contributed by atoms with Crippen molar-refractivity contribution in [1.29, 1.82) is 0 Å². The molecule has 3 N–H and O–H groups in total. The maximum atomic E-state index is 12.2. The number of para-hydroxylation sites is 1. The van der Waals surface area contributed by atoms with Crippen LogP contribution in [0.3, 0.4) is 0 Å². The van der Waals surface area contributed by atoms with Gasteiger partial charge in [-0.2, -0.15) is 0 Å². The van der Waals surface area contributed by atoms with Crippen LogP contribution < -0.4 is 11.1 Å². The average molecular weight is 233 g/mol. The lowest BCUT2D eigenvalue weighted by Crippen LogP contribution is -2.37. The first kappa shape index (κ1) is 11.4. The van der Waals surface area contributed by atoms with Crippen molar-refractivity contribution in [1.82, 2.24) is 10.2 Å². The minimum atomic E-state index is -0.180. The molecule has 0 saturated carbocycles. The van der Waals surface area contributed by atoms with E-state index in [1.54, 1.807) is 24.3 Å². The molecule has 17 heavy (non-hydrogen) atoms. The molecule has 0 spiro atoms. The number of carbonyl (C=O) groups excluding carboxylic acids is 2. The fourth-order valence-electron chi connectivity index (χ4n) is 1.84. The molecule has 1 heterocycles. The zero-order valence-corrected chi connectivity index (χ0v) is 9.48. The largest absolute Gasteiger partial charge is 0.398 e. The zero-order valence-electron chi connectivity index (χ0n) is 9.48. The predicted octanol–water partition coefficient (Wildman–Crippen LogP) is 0.231. The third-order valence-electron chi connectivity index (χ3n) is 2.74. The summed E-state index contributed by atoms with van der Waals surface area (Å²) in [5.41, 5.74) is 6.66. The van der Waals surface area contributed by atoms with Crippen LogP contribution in [0.1, 0.15) is 16.8 Å².